The summed E-state index contributed by atoms with van der Waals surface area (Å²) in [6.45, 7) is 8.70. The maximum Gasteiger partial charge on any atom is 0.239 e. The van der Waals surface area contributed by atoms with Gasteiger partial charge in [0, 0.05) is 36.8 Å². The molecule has 0 atom stereocenters. The summed E-state index contributed by atoms with van der Waals surface area (Å²) in [6.07, 6.45) is 0. The Morgan fingerprint density at radius 2 is 2.04 bits per heavy atom. The number of rotatable bonds is 5. The zero-order chi connectivity index (χ0) is 18.7. The number of thiophene rings is 1. The molecular weight excluding hydrogens is 346 g/mol. The van der Waals surface area contributed by atoms with Crippen LogP contribution >= 0.6 is 11.3 Å². The molecule has 0 aromatic carbocycles. The quantitative estimate of drug-likeness (QED) is 0.876. The smallest absolute Gasteiger partial charge is 0.239 e. The third kappa shape index (κ3) is 3.98. The van der Waals surface area contributed by atoms with E-state index in [4.69, 9.17) is 0 Å². The predicted octanol–water partition coefficient (Wildman–Crippen LogP) is 2.27. The molecule has 1 aliphatic rings. The van der Waals surface area contributed by atoms with Gasteiger partial charge in [0.15, 0.2) is 0 Å². The van der Waals surface area contributed by atoms with Crippen molar-refractivity contribution in [3.05, 3.63) is 39.2 Å². The summed E-state index contributed by atoms with van der Waals surface area (Å²) in [6, 6.07) is 6.35. The van der Waals surface area contributed by atoms with E-state index < -0.39 is 0 Å². The van der Waals surface area contributed by atoms with E-state index in [-0.39, 0.29) is 5.91 Å². The largest absolute Gasteiger partial charge is 0.325 e. The van der Waals surface area contributed by atoms with Crippen molar-refractivity contribution in [1.82, 2.24) is 14.4 Å². The Morgan fingerprint density at radius 1 is 1.31 bits per heavy atom. The zero-order valence-corrected chi connectivity index (χ0v) is 16.4. The van der Waals surface area contributed by atoms with E-state index in [0.29, 0.717) is 24.5 Å². The number of nitriles is 1. The minimum atomic E-state index is -0.0593. The van der Waals surface area contributed by atoms with Gasteiger partial charge in [-0.25, -0.2) is 0 Å². The number of piperazine rings is 1. The number of hydrogen-bond donors (Lipinski definition) is 1. The van der Waals surface area contributed by atoms with Gasteiger partial charge in [-0.05, 0) is 37.9 Å². The Morgan fingerprint density at radius 3 is 2.65 bits per heavy atom. The van der Waals surface area contributed by atoms with Crippen molar-refractivity contribution in [3.8, 4) is 6.07 Å². The van der Waals surface area contributed by atoms with Crippen LogP contribution in [0.25, 0.3) is 0 Å². The SMILES string of the molecule is Cc1c(C#N)c(NC(=O)CN2CCN(C)CC2)n(Cc2cccs2)c1C. The highest BCUT2D eigenvalue weighted by atomic mass is 32.1. The first-order valence-corrected chi connectivity index (χ1v) is 9.70. The molecule has 0 unspecified atom stereocenters. The monoisotopic (exact) mass is 371 g/mol. The maximum absolute atomic E-state index is 12.6. The van der Waals surface area contributed by atoms with Crippen molar-refractivity contribution < 1.29 is 4.79 Å². The Labute approximate surface area is 158 Å². The third-order valence-electron chi connectivity index (χ3n) is 5.06. The van der Waals surface area contributed by atoms with Crippen LogP contribution in [0.1, 0.15) is 21.7 Å². The molecule has 0 bridgehead atoms. The number of carbonyl (C=O) groups is 1. The summed E-state index contributed by atoms with van der Waals surface area (Å²) >= 11 is 1.68. The molecule has 0 spiro atoms. The van der Waals surface area contributed by atoms with E-state index in [1.165, 1.54) is 4.88 Å². The Hall–Kier alpha value is -2.14. The number of nitrogens with one attached hydrogen (secondary N) is 1. The maximum atomic E-state index is 12.6. The van der Waals surface area contributed by atoms with E-state index >= 15 is 0 Å². The molecule has 3 rings (SSSR count). The third-order valence-corrected chi connectivity index (χ3v) is 5.92. The van der Waals surface area contributed by atoms with Crippen LogP contribution in [-0.4, -0.2) is 60.0 Å². The molecule has 0 saturated carbocycles. The molecular formula is C19H25N5OS. The van der Waals surface area contributed by atoms with Crippen LogP contribution in [0, 0.1) is 25.2 Å². The zero-order valence-electron chi connectivity index (χ0n) is 15.6. The second-order valence-electron chi connectivity index (χ2n) is 6.84. The molecule has 138 valence electrons. The number of anilines is 1. The lowest BCUT2D eigenvalue weighted by atomic mass is 10.2. The molecule has 2 aromatic heterocycles. The van der Waals surface area contributed by atoms with Gasteiger partial charge in [-0.1, -0.05) is 6.07 Å². The first kappa shape index (κ1) is 18.6. The number of hydrogen-bond acceptors (Lipinski definition) is 5. The molecule has 2 aromatic rings. The first-order chi connectivity index (χ1) is 12.5. The van der Waals surface area contributed by atoms with Gasteiger partial charge in [0.2, 0.25) is 5.91 Å². The van der Waals surface area contributed by atoms with E-state index in [1.54, 1.807) is 11.3 Å². The van der Waals surface area contributed by atoms with Gasteiger partial charge in [-0.15, -0.1) is 11.3 Å². The van der Waals surface area contributed by atoms with Gasteiger partial charge in [0.1, 0.15) is 11.9 Å². The summed E-state index contributed by atoms with van der Waals surface area (Å²) in [5, 5.41) is 14.7. The van der Waals surface area contributed by atoms with E-state index in [9.17, 15) is 10.1 Å². The number of nitrogens with zero attached hydrogens (tertiary/aromatic N) is 4. The summed E-state index contributed by atoms with van der Waals surface area (Å²) in [7, 11) is 2.10. The van der Waals surface area contributed by atoms with Gasteiger partial charge in [-0.3, -0.25) is 9.69 Å². The average Bonchev–Trinajstić information content (AvgIpc) is 3.20. The van der Waals surface area contributed by atoms with Gasteiger partial charge in [0.05, 0.1) is 18.7 Å². The van der Waals surface area contributed by atoms with Gasteiger partial charge in [0.25, 0.3) is 0 Å². The molecule has 3 heterocycles. The van der Waals surface area contributed by atoms with E-state index in [1.807, 2.05) is 29.9 Å². The van der Waals surface area contributed by atoms with Gasteiger partial charge >= 0.3 is 0 Å². The molecule has 1 fully saturated rings. The van der Waals surface area contributed by atoms with Crippen LogP contribution < -0.4 is 5.32 Å². The second kappa shape index (κ2) is 8.04. The molecule has 0 radical (unpaired) electrons. The molecule has 6 nitrogen and oxygen atoms in total. The van der Waals surface area contributed by atoms with Crippen molar-refractivity contribution in [2.75, 3.05) is 45.1 Å². The van der Waals surface area contributed by atoms with Gasteiger partial charge < -0.3 is 14.8 Å². The topological polar surface area (TPSA) is 64.3 Å². The number of amides is 1. The highest BCUT2D eigenvalue weighted by Crippen LogP contribution is 2.28. The number of carbonyl (C=O) groups excluding carboxylic acids is 1. The van der Waals surface area contributed by atoms with Gasteiger partial charge in [-0.2, -0.15) is 5.26 Å². The summed E-state index contributed by atoms with van der Waals surface area (Å²) < 4.78 is 2.04. The standard InChI is InChI=1S/C19H25N5OS/c1-14-15(2)24(12-16-5-4-10-26-16)19(17(14)11-20)21-18(25)13-23-8-6-22(3)7-9-23/h4-5,10H,6-9,12-13H2,1-3H3,(H,21,25). The van der Waals surface area contributed by atoms with Crippen molar-refractivity contribution in [2.24, 2.45) is 0 Å². The highest BCUT2D eigenvalue weighted by Gasteiger charge is 2.22. The minimum absolute atomic E-state index is 0.0593. The second-order valence-corrected chi connectivity index (χ2v) is 7.87. The Bertz CT molecular complexity index is 810. The fourth-order valence-electron chi connectivity index (χ4n) is 3.27. The molecule has 0 aliphatic carbocycles. The minimum Gasteiger partial charge on any atom is -0.325 e. The summed E-state index contributed by atoms with van der Waals surface area (Å²) in [5.74, 6) is 0.561. The van der Waals surface area contributed by atoms with Crippen molar-refractivity contribution in [2.45, 2.75) is 20.4 Å². The summed E-state index contributed by atoms with van der Waals surface area (Å²) in [5.41, 5.74) is 2.51. The van der Waals surface area contributed by atoms with Crippen molar-refractivity contribution in [1.29, 1.82) is 5.26 Å². The van der Waals surface area contributed by atoms with Crippen molar-refractivity contribution in [3.63, 3.8) is 0 Å². The number of aromatic nitrogens is 1. The molecule has 26 heavy (non-hydrogen) atoms. The molecule has 1 aliphatic heterocycles. The Kier molecular flexibility index (Phi) is 5.77. The van der Waals surface area contributed by atoms with Crippen LogP contribution in [0.3, 0.4) is 0 Å². The van der Waals surface area contributed by atoms with Crippen LogP contribution in [-0.2, 0) is 11.3 Å². The van der Waals surface area contributed by atoms with E-state index in [2.05, 4.69) is 34.3 Å². The summed E-state index contributed by atoms with van der Waals surface area (Å²) in [4.78, 5) is 18.2. The lowest BCUT2D eigenvalue weighted by Gasteiger charge is -2.31. The Balaban J connectivity index is 1.78. The fourth-order valence-corrected chi connectivity index (χ4v) is 3.96. The molecule has 1 amide bonds. The average molecular weight is 372 g/mol. The first-order valence-electron chi connectivity index (χ1n) is 8.82. The molecule has 1 N–H and O–H groups in total. The predicted molar refractivity (Wildman–Crippen MR) is 105 cm³/mol. The van der Waals surface area contributed by atoms with Crippen molar-refractivity contribution >= 4 is 23.1 Å². The lowest BCUT2D eigenvalue weighted by Crippen LogP contribution is -2.47. The van der Waals surface area contributed by atoms with Crippen LogP contribution in [0.5, 0.6) is 0 Å². The van der Waals surface area contributed by atoms with Crippen LogP contribution in [0.2, 0.25) is 0 Å². The highest BCUT2D eigenvalue weighted by molar-refractivity contribution is 7.09. The van der Waals surface area contributed by atoms with Crippen LogP contribution in [0.15, 0.2) is 17.5 Å². The lowest BCUT2D eigenvalue weighted by molar-refractivity contribution is -0.117. The number of likely N-dealkylation sites (N-methyl/N-ethyl adjacent to an activating group) is 1. The molecule has 7 heteroatoms. The van der Waals surface area contributed by atoms with Crippen LogP contribution in [0.4, 0.5) is 5.82 Å². The fraction of sp³-hybridized carbons (Fsp3) is 0.474. The normalized spacial score (nSPS) is 15.8. The van der Waals surface area contributed by atoms with E-state index in [0.717, 1.165) is 37.4 Å². The molecule has 1 saturated heterocycles.